The zero-order valence-corrected chi connectivity index (χ0v) is 10.9. The highest BCUT2D eigenvalue weighted by molar-refractivity contribution is 6.00. The highest BCUT2D eigenvalue weighted by Gasteiger charge is 2.19. The van der Waals surface area contributed by atoms with Gasteiger partial charge in [-0.15, -0.1) is 0 Å². The summed E-state index contributed by atoms with van der Waals surface area (Å²) < 4.78 is 15.4. The molecule has 0 saturated heterocycles. The Labute approximate surface area is 101 Å². The Kier molecular flexibility index (Phi) is 4.52. The Morgan fingerprint density at radius 3 is 2.18 bits per heavy atom. The molecule has 0 radical (unpaired) electrons. The van der Waals surface area contributed by atoms with Gasteiger partial charge in [-0.2, -0.15) is 0 Å². The Morgan fingerprint density at radius 1 is 1.12 bits per heavy atom. The summed E-state index contributed by atoms with van der Waals surface area (Å²) in [6, 6.07) is 1.77. The summed E-state index contributed by atoms with van der Waals surface area (Å²) in [5.41, 5.74) is 2.27. The molecule has 0 bridgehead atoms. The summed E-state index contributed by atoms with van der Waals surface area (Å²) in [5, 5.41) is 0. The Bertz CT molecular complexity index is 424. The van der Waals surface area contributed by atoms with E-state index in [9.17, 15) is 4.79 Å². The molecule has 4 nitrogen and oxygen atoms in total. The van der Waals surface area contributed by atoms with E-state index in [0.717, 1.165) is 16.9 Å². The van der Waals surface area contributed by atoms with Gasteiger partial charge in [0.05, 0.1) is 19.8 Å². The van der Waals surface area contributed by atoms with Gasteiger partial charge in [-0.3, -0.25) is 4.79 Å². The minimum Gasteiger partial charge on any atom is -0.496 e. The van der Waals surface area contributed by atoms with E-state index in [2.05, 4.69) is 0 Å². The van der Waals surface area contributed by atoms with E-state index < -0.39 is 0 Å². The van der Waals surface area contributed by atoms with E-state index >= 15 is 0 Å². The number of rotatable bonds is 5. The lowest BCUT2D eigenvalue weighted by Gasteiger charge is -2.16. The average Bonchev–Trinajstić information content (AvgIpc) is 2.29. The molecule has 1 rings (SSSR count). The molecule has 17 heavy (non-hydrogen) atoms. The predicted octanol–water partition coefficient (Wildman–Crippen LogP) is 2.15. The van der Waals surface area contributed by atoms with E-state index in [0.29, 0.717) is 11.3 Å². The number of methoxy groups -OCH3 is 3. The maximum absolute atomic E-state index is 11.9. The first kappa shape index (κ1) is 13.5. The summed E-state index contributed by atoms with van der Waals surface area (Å²) in [5.74, 6) is 1.20. The van der Waals surface area contributed by atoms with Crippen molar-refractivity contribution in [3.63, 3.8) is 0 Å². The van der Waals surface area contributed by atoms with Crippen LogP contribution in [0.3, 0.4) is 0 Å². The maximum Gasteiger partial charge on any atom is 0.192 e. The van der Waals surface area contributed by atoms with Crippen LogP contribution in [0.2, 0.25) is 0 Å². The van der Waals surface area contributed by atoms with Gasteiger partial charge in [-0.05, 0) is 25.5 Å². The van der Waals surface area contributed by atoms with Gasteiger partial charge in [0.2, 0.25) is 0 Å². The smallest absolute Gasteiger partial charge is 0.192 e. The van der Waals surface area contributed by atoms with E-state index in [1.807, 2.05) is 13.8 Å². The monoisotopic (exact) mass is 238 g/mol. The predicted molar refractivity (Wildman–Crippen MR) is 65.2 cm³/mol. The van der Waals surface area contributed by atoms with Crippen molar-refractivity contribution >= 4 is 5.78 Å². The van der Waals surface area contributed by atoms with E-state index in [-0.39, 0.29) is 12.4 Å². The average molecular weight is 238 g/mol. The van der Waals surface area contributed by atoms with Gasteiger partial charge in [-0.1, -0.05) is 0 Å². The van der Waals surface area contributed by atoms with Crippen molar-refractivity contribution in [3.8, 4) is 11.5 Å². The van der Waals surface area contributed by atoms with Gasteiger partial charge < -0.3 is 14.2 Å². The molecule has 0 N–H and O–H groups in total. The van der Waals surface area contributed by atoms with Gasteiger partial charge in [0, 0.05) is 12.7 Å². The van der Waals surface area contributed by atoms with Crippen LogP contribution in [0.1, 0.15) is 21.5 Å². The third kappa shape index (κ3) is 2.58. The third-order valence-corrected chi connectivity index (χ3v) is 2.63. The van der Waals surface area contributed by atoms with Crippen LogP contribution < -0.4 is 9.47 Å². The number of carbonyl (C=O) groups excluding carboxylic acids is 1. The molecule has 0 aliphatic carbocycles. The SMILES string of the molecule is COCC(=O)c1cc(C)c(OC)c(C)c1OC. The van der Waals surface area contributed by atoms with E-state index in [1.54, 1.807) is 20.3 Å². The van der Waals surface area contributed by atoms with E-state index in [4.69, 9.17) is 14.2 Å². The van der Waals surface area contributed by atoms with Gasteiger partial charge in [0.25, 0.3) is 0 Å². The second-order valence-corrected chi connectivity index (χ2v) is 3.79. The van der Waals surface area contributed by atoms with Crippen LogP contribution >= 0.6 is 0 Å². The molecule has 0 saturated carbocycles. The van der Waals surface area contributed by atoms with Crippen molar-refractivity contribution in [2.45, 2.75) is 13.8 Å². The fourth-order valence-corrected chi connectivity index (χ4v) is 1.94. The molecule has 0 aliphatic heterocycles. The summed E-state index contributed by atoms with van der Waals surface area (Å²) in [4.78, 5) is 11.9. The standard InChI is InChI=1S/C13H18O4/c1-8-6-10(11(14)7-15-3)13(17-5)9(2)12(8)16-4/h6H,7H2,1-5H3. The summed E-state index contributed by atoms with van der Waals surface area (Å²) in [6.07, 6.45) is 0. The Morgan fingerprint density at radius 2 is 1.71 bits per heavy atom. The molecule has 0 unspecified atom stereocenters. The number of hydrogen-bond acceptors (Lipinski definition) is 4. The molecule has 0 spiro atoms. The second-order valence-electron chi connectivity index (χ2n) is 3.79. The van der Waals surface area contributed by atoms with Gasteiger partial charge in [0.15, 0.2) is 5.78 Å². The summed E-state index contributed by atoms with van der Waals surface area (Å²) in [6.45, 7) is 3.81. The van der Waals surface area contributed by atoms with Crippen LogP contribution in [0, 0.1) is 13.8 Å². The number of hydrogen-bond donors (Lipinski definition) is 0. The molecular formula is C13H18O4. The zero-order chi connectivity index (χ0) is 13.0. The number of aryl methyl sites for hydroxylation is 1. The molecule has 0 atom stereocenters. The third-order valence-electron chi connectivity index (χ3n) is 2.63. The Hall–Kier alpha value is -1.55. The first-order valence-electron chi connectivity index (χ1n) is 5.31. The van der Waals surface area contributed by atoms with Gasteiger partial charge in [-0.25, -0.2) is 0 Å². The van der Waals surface area contributed by atoms with Crippen LogP contribution in [0.4, 0.5) is 0 Å². The fraction of sp³-hybridized carbons (Fsp3) is 0.462. The highest BCUT2D eigenvalue weighted by Crippen LogP contribution is 2.34. The molecule has 4 heteroatoms. The minimum atomic E-state index is -0.0989. The molecule has 1 aromatic rings. The lowest BCUT2D eigenvalue weighted by atomic mass is 10.0. The molecule has 0 fully saturated rings. The molecule has 1 aromatic carbocycles. The normalized spacial score (nSPS) is 10.2. The number of benzene rings is 1. The topological polar surface area (TPSA) is 44.8 Å². The highest BCUT2D eigenvalue weighted by atomic mass is 16.5. The molecule has 0 heterocycles. The molecule has 0 amide bonds. The van der Waals surface area contributed by atoms with Crippen LogP contribution in [0.25, 0.3) is 0 Å². The lowest BCUT2D eigenvalue weighted by Crippen LogP contribution is -2.10. The summed E-state index contributed by atoms with van der Waals surface area (Å²) in [7, 11) is 4.64. The van der Waals surface area contributed by atoms with Crippen LogP contribution in [-0.4, -0.2) is 33.7 Å². The number of Topliss-reactive ketones (excluding diaryl/α,β-unsaturated/α-hetero) is 1. The second kappa shape index (κ2) is 5.68. The van der Waals surface area contributed by atoms with Crippen LogP contribution in [0.15, 0.2) is 6.07 Å². The first-order chi connectivity index (χ1) is 8.06. The van der Waals surface area contributed by atoms with Gasteiger partial charge >= 0.3 is 0 Å². The largest absolute Gasteiger partial charge is 0.496 e. The zero-order valence-electron chi connectivity index (χ0n) is 10.9. The first-order valence-corrected chi connectivity index (χ1v) is 5.31. The maximum atomic E-state index is 11.9. The van der Waals surface area contributed by atoms with Crippen LogP contribution in [0.5, 0.6) is 11.5 Å². The molecule has 94 valence electrons. The Balaban J connectivity index is 3.36. The quantitative estimate of drug-likeness (QED) is 0.737. The minimum absolute atomic E-state index is 0.0432. The number of ketones is 1. The molecule has 0 aliphatic rings. The fourth-order valence-electron chi connectivity index (χ4n) is 1.94. The molecule has 0 aromatic heterocycles. The van der Waals surface area contributed by atoms with Crippen molar-refractivity contribution in [2.24, 2.45) is 0 Å². The van der Waals surface area contributed by atoms with Crippen LogP contribution in [-0.2, 0) is 4.74 Å². The van der Waals surface area contributed by atoms with Gasteiger partial charge in [0.1, 0.15) is 18.1 Å². The summed E-state index contributed by atoms with van der Waals surface area (Å²) >= 11 is 0. The van der Waals surface area contributed by atoms with E-state index in [1.165, 1.54) is 7.11 Å². The van der Waals surface area contributed by atoms with Crippen molar-refractivity contribution in [1.82, 2.24) is 0 Å². The van der Waals surface area contributed by atoms with Crippen molar-refractivity contribution in [3.05, 3.63) is 22.8 Å². The van der Waals surface area contributed by atoms with Crippen molar-refractivity contribution < 1.29 is 19.0 Å². The van der Waals surface area contributed by atoms with Crippen molar-refractivity contribution in [1.29, 1.82) is 0 Å². The number of carbonyl (C=O) groups is 1. The number of ether oxygens (including phenoxy) is 3. The lowest BCUT2D eigenvalue weighted by molar-refractivity contribution is 0.0844. The molecular weight excluding hydrogens is 220 g/mol. The van der Waals surface area contributed by atoms with Crippen molar-refractivity contribution in [2.75, 3.05) is 27.9 Å².